The molecule has 2 aromatic rings. The molecule has 0 unspecified atom stereocenters. The number of benzene rings is 1. The Labute approximate surface area is 143 Å². The Balaban J connectivity index is 1.67. The lowest BCUT2D eigenvalue weighted by Crippen LogP contribution is -2.23. The van der Waals surface area contributed by atoms with Crippen molar-refractivity contribution in [2.75, 3.05) is 17.7 Å². The summed E-state index contributed by atoms with van der Waals surface area (Å²) >= 11 is 0. The van der Waals surface area contributed by atoms with Crippen LogP contribution in [-0.2, 0) is 6.54 Å². The summed E-state index contributed by atoms with van der Waals surface area (Å²) in [6, 6.07) is 10.6. The van der Waals surface area contributed by atoms with Crippen molar-refractivity contribution in [3.8, 4) is 5.75 Å². The van der Waals surface area contributed by atoms with E-state index in [1.807, 2.05) is 31.2 Å². The van der Waals surface area contributed by atoms with Crippen molar-refractivity contribution in [1.29, 1.82) is 0 Å². The molecule has 0 bridgehead atoms. The van der Waals surface area contributed by atoms with E-state index in [1.165, 1.54) is 32.1 Å². The van der Waals surface area contributed by atoms with E-state index in [-0.39, 0.29) is 0 Å². The maximum atomic E-state index is 5.40. The lowest BCUT2D eigenvalue weighted by Gasteiger charge is -2.23. The molecule has 0 spiro atoms. The molecule has 5 heteroatoms. The zero-order valence-electron chi connectivity index (χ0n) is 14.5. The molecule has 1 aliphatic carbocycles. The van der Waals surface area contributed by atoms with Crippen LogP contribution >= 0.6 is 0 Å². The summed E-state index contributed by atoms with van der Waals surface area (Å²) < 4.78 is 5.40. The zero-order valence-corrected chi connectivity index (χ0v) is 14.5. The predicted octanol–water partition coefficient (Wildman–Crippen LogP) is 4.15. The number of aryl methyl sites for hydroxylation is 1. The third-order valence-corrected chi connectivity index (χ3v) is 4.45. The highest BCUT2D eigenvalue weighted by Gasteiger charge is 2.14. The van der Waals surface area contributed by atoms with Gasteiger partial charge in [-0.2, -0.15) is 0 Å². The third kappa shape index (κ3) is 4.37. The summed E-state index contributed by atoms with van der Waals surface area (Å²) in [5, 5.41) is 6.95. The van der Waals surface area contributed by atoms with Crippen LogP contribution in [0.1, 0.15) is 43.5 Å². The SMILES string of the molecule is COc1ccccc1CNc1cc(NC2CCCCC2)nc(C)n1. The quantitative estimate of drug-likeness (QED) is 0.835. The molecule has 0 amide bonds. The summed E-state index contributed by atoms with van der Waals surface area (Å²) in [5.41, 5.74) is 1.11. The van der Waals surface area contributed by atoms with E-state index in [4.69, 9.17) is 4.74 Å². The molecule has 2 N–H and O–H groups in total. The largest absolute Gasteiger partial charge is 0.496 e. The Bertz CT molecular complexity index is 668. The van der Waals surface area contributed by atoms with E-state index >= 15 is 0 Å². The van der Waals surface area contributed by atoms with Crippen molar-refractivity contribution in [3.63, 3.8) is 0 Å². The molecule has 0 aliphatic heterocycles. The second kappa shape index (κ2) is 7.99. The third-order valence-electron chi connectivity index (χ3n) is 4.45. The second-order valence-electron chi connectivity index (χ2n) is 6.33. The molecule has 1 fully saturated rings. The summed E-state index contributed by atoms with van der Waals surface area (Å²) in [6.45, 7) is 2.60. The van der Waals surface area contributed by atoms with Crippen LogP contribution in [0.5, 0.6) is 5.75 Å². The van der Waals surface area contributed by atoms with Gasteiger partial charge in [0.2, 0.25) is 0 Å². The monoisotopic (exact) mass is 326 g/mol. The molecule has 1 aromatic carbocycles. The fourth-order valence-corrected chi connectivity index (χ4v) is 3.22. The minimum absolute atomic E-state index is 0.537. The number of hydrogen-bond acceptors (Lipinski definition) is 5. The average molecular weight is 326 g/mol. The van der Waals surface area contributed by atoms with Crippen molar-refractivity contribution < 1.29 is 4.74 Å². The van der Waals surface area contributed by atoms with Crippen LogP contribution in [0.4, 0.5) is 11.6 Å². The zero-order chi connectivity index (χ0) is 16.8. The van der Waals surface area contributed by atoms with E-state index in [2.05, 4.69) is 26.7 Å². The Hall–Kier alpha value is -2.30. The van der Waals surface area contributed by atoms with Gasteiger partial charge in [-0.25, -0.2) is 9.97 Å². The predicted molar refractivity (Wildman–Crippen MR) is 97.6 cm³/mol. The Morgan fingerprint density at radius 1 is 1.08 bits per heavy atom. The van der Waals surface area contributed by atoms with E-state index < -0.39 is 0 Å². The summed E-state index contributed by atoms with van der Waals surface area (Å²) in [6.07, 6.45) is 6.42. The minimum Gasteiger partial charge on any atom is -0.496 e. The molecule has 5 nitrogen and oxygen atoms in total. The molecule has 1 aliphatic rings. The van der Waals surface area contributed by atoms with Crippen LogP contribution in [0.2, 0.25) is 0 Å². The number of ether oxygens (including phenoxy) is 1. The first-order valence-corrected chi connectivity index (χ1v) is 8.72. The number of methoxy groups -OCH3 is 1. The van der Waals surface area contributed by atoms with Gasteiger partial charge in [-0.15, -0.1) is 0 Å². The molecule has 0 atom stereocenters. The number of rotatable bonds is 6. The Kier molecular flexibility index (Phi) is 5.51. The molecular weight excluding hydrogens is 300 g/mol. The van der Waals surface area contributed by atoms with E-state index in [1.54, 1.807) is 7.11 Å². The minimum atomic E-state index is 0.537. The van der Waals surface area contributed by atoms with Gasteiger partial charge >= 0.3 is 0 Å². The van der Waals surface area contributed by atoms with Crippen LogP contribution in [-0.4, -0.2) is 23.1 Å². The van der Waals surface area contributed by atoms with E-state index in [0.29, 0.717) is 12.6 Å². The van der Waals surface area contributed by atoms with Crippen molar-refractivity contribution in [2.24, 2.45) is 0 Å². The standard InChI is InChI=1S/C19H26N4O/c1-14-21-18(20-13-15-8-6-7-11-17(15)24-2)12-19(22-14)23-16-9-4-3-5-10-16/h6-8,11-12,16H,3-5,9-10,13H2,1-2H3,(H2,20,21,22,23). The van der Waals surface area contributed by atoms with Gasteiger partial charge in [-0.3, -0.25) is 0 Å². The first kappa shape index (κ1) is 16.6. The van der Waals surface area contributed by atoms with E-state index in [0.717, 1.165) is 28.8 Å². The average Bonchev–Trinajstić information content (AvgIpc) is 2.60. The Morgan fingerprint density at radius 2 is 1.83 bits per heavy atom. The van der Waals surface area contributed by atoms with Crippen molar-refractivity contribution in [1.82, 2.24) is 9.97 Å². The van der Waals surface area contributed by atoms with Gasteiger partial charge in [-0.05, 0) is 25.8 Å². The van der Waals surface area contributed by atoms with Gasteiger partial charge in [0, 0.05) is 24.2 Å². The van der Waals surface area contributed by atoms with Gasteiger partial charge in [0.1, 0.15) is 23.2 Å². The number of para-hydroxylation sites is 1. The molecule has 1 saturated carbocycles. The summed E-state index contributed by atoms with van der Waals surface area (Å²) in [7, 11) is 1.69. The smallest absolute Gasteiger partial charge is 0.132 e. The molecule has 1 heterocycles. The maximum Gasteiger partial charge on any atom is 0.132 e. The summed E-state index contributed by atoms with van der Waals surface area (Å²) in [4.78, 5) is 9.02. The van der Waals surface area contributed by atoms with Crippen LogP contribution in [0.15, 0.2) is 30.3 Å². The first-order valence-electron chi connectivity index (χ1n) is 8.72. The number of hydrogen-bond donors (Lipinski definition) is 2. The highest BCUT2D eigenvalue weighted by Crippen LogP contribution is 2.23. The molecule has 128 valence electrons. The first-order chi connectivity index (χ1) is 11.7. The van der Waals surface area contributed by atoms with Gasteiger partial charge < -0.3 is 15.4 Å². The lowest BCUT2D eigenvalue weighted by atomic mass is 9.95. The van der Waals surface area contributed by atoms with Crippen LogP contribution in [0, 0.1) is 6.92 Å². The van der Waals surface area contributed by atoms with Gasteiger partial charge in [0.15, 0.2) is 0 Å². The number of nitrogens with one attached hydrogen (secondary N) is 2. The van der Waals surface area contributed by atoms with Gasteiger partial charge in [0.05, 0.1) is 7.11 Å². The van der Waals surface area contributed by atoms with Crippen LogP contribution in [0.25, 0.3) is 0 Å². The molecule has 1 aromatic heterocycles. The highest BCUT2D eigenvalue weighted by molar-refractivity contribution is 5.49. The highest BCUT2D eigenvalue weighted by atomic mass is 16.5. The van der Waals surface area contributed by atoms with Crippen molar-refractivity contribution in [3.05, 3.63) is 41.7 Å². The van der Waals surface area contributed by atoms with Crippen LogP contribution < -0.4 is 15.4 Å². The summed E-state index contributed by atoms with van der Waals surface area (Å²) in [5.74, 6) is 3.42. The van der Waals surface area contributed by atoms with Crippen LogP contribution in [0.3, 0.4) is 0 Å². The number of anilines is 2. The molecule has 0 radical (unpaired) electrons. The molecular formula is C19H26N4O. The van der Waals surface area contributed by atoms with Crippen molar-refractivity contribution >= 4 is 11.6 Å². The molecule has 0 saturated heterocycles. The van der Waals surface area contributed by atoms with Gasteiger partial charge in [-0.1, -0.05) is 37.5 Å². The van der Waals surface area contributed by atoms with E-state index in [9.17, 15) is 0 Å². The molecule has 24 heavy (non-hydrogen) atoms. The topological polar surface area (TPSA) is 59.1 Å². The number of nitrogens with zero attached hydrogens (tertiary/aromatic N) is 2. The fraction of sp³-hybridized carbons (Fsp3) is 0.474. The lowest BCUT2D eigenvalue weighted by molar-refractivity contribution is 0.410. The molecule has 3 rings (SSSR count). The Morgan fingerprint density at radius 3 is 2.62 bits per heavy atom. The van der Waals surface area contributed by atoms with Gasteiger partial charge in [0.25, 0.3) is 0 Å². The fourth-order valence-electron chi connectivity index (χ4n) is 3.22. The normalized spacial score (nSPS) is 15.1. The maximum absolute atomic E-state index is 5.40. The van der Waals surface area contributed by atoms with Crippen molar-refractivity contribution in [2.45, 2.75) is 51.6 Å². The number of aromatic nitrogens is 2. The second-order valence-corrected chi connectivity index (χ2v) is 6.33.